The summed E-state index contributed by atoms with van der Waals surface area (Å²) in [6, 6.07) is 0. The lowest BCUT2D eigenvalue weighted by atomic mass is 10.1. The molecule has 0 radical (unpaired) electrons. The van der Waals surface area contributed by atoms with Gasteiger partial charge < -0.3 is 10.1 Å². The number of rotatable bonds is 2. The van der Waals surface area contributed by atoms with E-state index in [0.717, 1.165) is 0 Å². The van der Waals surface area contributed by atoms with E-state index in [0.29, 0.717) is 19.6 Å². The monoisotopic (exact) mass is 173 g/mol. The first kappa shape index (κ1) is 9.19. The van der Waals surface area contributed by atoms with Crippen LogP contribution in [0.4, 0.5) is 4.39 Å². The molecule has 0 aromatic carbocycles. The van der Waals surface area contributed by atoms with E-state index in [4.69, 9.17) is 0 Å². The summed E-state index contributed by atoms with van der Waals surface area (Å²) < 4.78 is 17.6. The molecule has 0 amide bonds. The molecule has 3 nitrogen and oxygen atoms in total. The third-order valence-corrected chi connectivity index (χ3v) is 1.68. The Hall–Kier alpha value is -0.900. The molecule has 0 aromatic heterocycles. The summed E-state index contributed by atoms with van der Waals surface area (Å²) in [5, 5.41) is 2.82. The van der Waals surface area contributed by atoms with Gasteiger partial charge in [-0.1, -0.05) is 0 Å². The number of halogens is 1. The predicted octanol–water partition coefficient (Wildman–Crippen LogP) is 0.766. The maximum atomic E-state index is 12.9. The Labute approximate surface area is 70.6 Å². The Kier molecular flexibility index (Phi) is 3.22. The van der Waals surface area contributed by atoms with E-state index in [9.17, 15) is 9.18 Å². The summed E-state index contributed by atoms with van der Waals surface area (Å²) in [5.41, 5.74) is 0.190. The molecule has 0 unspecified atom stereocenters. The summed E-state index contributed by atoms with van der Waals surface area (Å²) in [7, 11) is 0. The van der Waals surface area contributed by atoms with E-state index < -0.39 is 5.97 Å². The average molecular weight is 173 g/mol. The van der Waals surface area contributed by atoms with E-state index in [1.54, 1.807) is 6.92 Å². The van der Waals surface area contributed by atoms with Crippen molar-refractivity contribution in [1.29, 1.82) is 0 Å². The van der Waals surface area contributed by atoms with Crippen LogP contribution in [0, 0.1) is 0 Å². The molecule has 4 heteroatoms. The topological polar surface area (TPSA) is 38.3 Å². The Balaban J connectivity index is 2.64. The van der Waals surface area contributed by atoms with Gasteiger partial charge in [0, 0.05) is 6.54 Å². The van der Waals surface area contributed by atoms with Crippen molar-refractivity contribution in [1.82, 2.24) is 5.32 Å². The first-order chi connectivity index (χ1) is 5.75. The lowest BCUT2D eigenvalue weighted by Crippen LogP contribution is -2.27. The lowest BCUT2D eigenvalue weighted by molar-refractivity contribution is -0.138. The van der Waals surface area contributed by atoms with Crippen LogP contribution in [0.25, 0.3) is 0 Å². The van der Waals surface area contributed by atoms with Crippen LogP contribution >= 0.6 is 0 Å². The molecule has 1 heterocycles. The van der Waals surface area contributed by atoms with Crippen molar-refractivity contribution in [3.8, 4) is 0 Å². The van der Waals surface area contributed by atoms with Gasteiger partial charge in [0.2, 0.25) is 0 Å². The highest BCUT2D eigenvalue weighted by Gasteiger charge is 2.19. The molecule has 0 spiro atoms. The molecule has 12 heavy (non-hydrogen) atoms. The van der Waals surface area contributed by atoms with E-state index in [1.165, 1.54) is 0 Å². The van der Waals surface area contributed by atoms with Crippen LogP contribution < -0.4 is 5.32 Å². The molecule has 1 aliphatic rings. The third kappa shape index (κ3) is 2.04. The number of esters is 1. The maximum Gasteiger partial charge on any atom is 0.336 e. The number of nitrogens with one attached hydrogen (secondary N) is 1. The Bertz CT molecular complexity index is 213. The fourth-order valence-electron chi connectivity index (χ4n) is 1.08. The Morgan fingerprint density at radius 2 is 2.50 bits per heavy atom. The molecule has 0 aromatic rings. The Morgan fingerprint density at radius 3 is 3.08 bits per heavy atom. The molecule has 0 aliphatic carbocycles. The summed E-state index contributed by atoms with van der Waals surface area (Å²) >= 11 is 0. The average Bonchev–Trinajstić information content (AvgIpc) is 2.05. The minimum Gasteiger partial charge on any atom is -0.463 e. The van der Waals surface area contributed by atoms with E-state index in [1.807, 2.05) is 0 Å². The van der Waals surface area contributed by atoms with Crippen LogP contribution in [-0.4, -0.2) is 25.7 Å². The molecule has 0 saturated heterocycles. The molecule has 0 atom stereocenters. The van der Waals surface area contributed by atoms with E-state index >= 15 is 0 Å². The molecule has 0 fully saturated rings. The molecule has 0 bridgehead atoms. The second-order valence-corrected chi connectivity index (χ2v) is 2.53. The standard InChI is InChI=1S/C8H12FNO2/c1-2-12-8(11)6-3-4-10-5-7(6)9/h10H,2-5H2,1H3. The zero-order valence-electron chi connectivity index (χ0n) is 7.02. The van der Waals surface area contributed by atoms with Gasteiger partial charge in [-0.3, -0.25) is 0 Å². The van der Waals surface area contributed by atoms with Crippen molar-refractivity contribution in [2.45, 2.75) is 13.3 Å². The van der Waals surface area contributed by atoms with Gasteiger partial charge in [-0.05, 0) is 19.9 Å². The second-order valence-electron chi connectivity index (χ2n) is 2.53. The fourth-order valence-corrected chi connectivity index (χ4v) is 1.08. The summed E-state index contributed by atoms with van der Waals surface area (Å²) in [6.07, 6.45) is 0.421. The van der Waals surface area contributed by atoms with Crippen LogP contribution in [0.3, 0.4) is 0 Å². The van der Waals surface area contributed by atoms with Gasteiger partial charge >= 0.3 is 5.97 Å². The number of hydrogen-bond acceptors (Lipinski definition) is 3. The highest BCUT2D eigenvalue weighted by atomic mass is 19.1. The zero-order valence-corrected chi connectivity index (χ0v) is 7.02. The lowest BCUT2D eigenvalue weighted by Gasteiger charge is -2.14. The number of ether oxygens (including phenoxy) is 1. The van der Waals surface area contributed by atoms with Crippen molar-refractivity contribution in [2.75, 3.05) is 19.7 Å². The van der Waals surface area contributed by atoms with Crippen LogP contribution in [-0.2, 0) is 9.53 Å². The van der Waals surface area contributed by atoms with Gasteiger partial charge in [-0.2, -0.15) is 0 Å². The van der Waals surface area contributed by atoms with Crippen LogP contribution in [0.1, 0.15) is 13.3 Å². The van der Waals surface area contributed by atoms with Gasteiger partial charge in [-0.15, -0.1) is 0 Å². The molecule has 68 valence electrons. The van der Waals surface area contributed by atoms with E-state index in [2.05, 4.69) is 10.1 Å². The van der Waals surface area contributed by atoms with E-state index in [-0.39, 0.29) is 17.9 Å². The van der Waals surface area contributed by atoms with Crippen molar-refractivity contribution in [3.05, 3.63) is 11.4 Å². The highest BCUT2D eigenvalue weighted by molar-refractivity contribution is 5.89. The number of carbonyl (C=O) groups is 1. The number of carbonyl (C=O) groups excluding carboxylic acids is 1. The van der Waals surface area contributed by atoms with Crippen molar-refractivity contribution in [3.63, 3.8) is 0 Å². The minimum atomic E-state index is -0.517. The largest absolute Gasteiger partial charge is 0.463 e. The second kappa shape index (κ2) is 4.21. The van der Waals surface area contributed by atoms with Crippen molar-refractivity contribution >= 4 is 5.97 Å². The normalized spacial score (nSPS) is 17.8. The quantitative estimate of drug-likeness (QED) is 0.627. The van der Waals surface area contributed by atoms with Crippen LogP contribution in [0.2, 0.25) is 0 Å². The molecular weight excluding hydrogens is 161 g/mol. The first-order valence-electron chi connectivity index (χ1n) is 4.01. The summed E-state index contributed by atoms with van der Waals surface area (Å²) in [6.45, 7) is 2.79. The fraction of sp³-hybridized carbons (Fsp3) is 0.625. The zero-order chi connectivity index (χ0) is 8.97. The molecule has 1 aliphatic heterocycles. The minimum absolute atomic E-state index is 0.147. The van der Waals surface area contributed by atoms with Gasteiger partial charge in [0.1, 0.15) is 5.83 Å². The molecule has 0 saturated carbocycles. The summed E-state index contributed by atoms with van der Waals surface area (Å²) in [4.78, 5) is 11.1. The molecule has 1 N–H and O–H groups in total. The SMILES string of the molecule is CCOC(=O)C1=C(F)CNCC1. The highest BCUT2D eigenvalue weighted by Crippen LogP contribution is 2.14. The van der Waals surface area contributed by atoms with Gasteiger partial charge in [0.05, 0.1) is 12.2 Å². The van der Waals surface area contributed by atoms with Gasteiger partial charge in [0.25, 0.3) is 0 Å². The third-order valence-electron chi connectivity index (χ3n) is 1.68. The van der Waals surface area contributed by atoms with Gasteiger partial charge in [-0.25, -0.2) is 9.18 Å². The molecule has 1 rings (SSSR count). The Morgan fingerprint density at radius 1 is 1.75 bits per heavy atom. The van der Waals surface area contributed by atoms with Gasteiger partial charge in [0.15, 0.2) is 0 Å². The predicted molar refractivity (Wildman–Crippen MR) is 42.3 cm³/mol. The van der Waals surface area contributed by atoms with Crippen molar-refractivity contribution in [2.24, 2.45) is 0 Å². The van der Waals surface area contributed by atoms with Crippen molar-refractivity contribution < 1.29 is 13.9 Å². The van der Waals surface area contributed by atoms with Crippen LogP contribution in [0.15, 0.2) is 11.4 Å². The first-order valence-corrected chi connectivity index (χ1v) is 4.01. The maximum absolute atomic E-state index is 12.9. The summed E-state index contributed by atoms with van der Waals surface area (Å²) in [5.74, 6) is -0.906. The van der Waals surface area contributed by atoms with Crippen LogP contribution in [0.5, 0.6) is 0 Å². The molecular formula is C8H12FNO2. The smallest absolute Gasteiger partial charge is 0.336 e. The number of hydrogen-bond donors (Lipinski definition) is 1.